The Morgan fingerprint density at radius 1 is 1.40 bits per heavy atom. The highest BCUT2D eigenvalue weighted by Crippen LogP contribution is 2.22. The lowest BCUT2D eigenvalue weighted by molar-refractivity contribution is -0.118. The fourth-order valence-corrected chi connectivity index (χ4v) is 2.07. The molecule has 4 N–H and O–H groups in total. The molecule has 0 bridgehead atoms. The van der Waals surface area contributed by atoms with Gasteiger partial charge < -0.3 is 16.2 Å². The van der Waals surface area contributed by atoms with Gasteiger partial charge in [0.05, 0.1) is 11.3 Å². The van der Waals surface area contributed by atoms with Crippen molar-refractivity contribution in [2.24, 2.45) is 5.73 Å². The molecule has 1 atom stereocenters. The third kappa shape index (κ3) is 2.62. The fourth-order valence-electron chi connectivity index (χ4n) is 2.07. The van der Waals surface area contributed by atoms with Crippen LogP contribution in [-0.2, 0) is 4.79 Å². The summed E-state index contributed by atoms with van der Waals surface area (Å²) in [5, 5.41) is 11.5. The van der Waals surface area contributed by atoms with E-state index in [9.17, 15) is 14.4 Å². The summed E-state index contributed by atoms with van der Waals surface area (Å²) in [4.78, 5) is 35.9. The van der Waals surface area contributed by atoms with Crippen LogP contribution in [0, 0.1) is 0 Å². The van der Waals surface area contributed by atoms with Crippen LogP contribution in [0.15, 0.2) is 24.3 Å². The van der Waals surface area contributed by atoms with Crippen LogP contribution < -0.4 is 16.0 Å². The maximum Gasteiger partial charge on any atom is 0.335 e. The van der Waals surface area contributed by atoms with E-state index in [1.165, 1.54) is 24.3 Å². The zero-order valence-corrected chi connectivity index (χ0v) is 10.7. The Hall–Kier alpha value is -2.41. The van der Waals surface area contributed by atoms with E-state index < -0.39 is 18.0 Å². The zero-order valence-electron chi connectivity index (χ0n) is 10.7. The van der Waals surface area contributed by atoms with Gasteiger partial charge in [-0.1, -0.05) is 6.07 Å². The number of carboxylic acid groups (broad SMARTS) is 1. The monoisotopic (exact) mass is 277 g/mol. The summed E-state index contributed by atoms with van der Waals surface area (Å²) in [6.45, 7) is 0.439. The number of benzene rings is 1. The van der Waals surface area contributed by atoms with Crippen molar-refractivity contribution < 1.29 is 19.5 Å². The van der Waals surface area contributed by atoms with Crippen molar-refractivity contribution in [2.45, 2.75) is 18.9 Å². The molecule has 20 heavy (non-hydrogen) atoms. The van der Waals surface area contributed by atoms with E-state index in [2.05, 4.69) is 5.32 Å². The van der Waals surface area contributed by atoms with Gasteiger partial charge in [-0.2, -0.15) is 0 Å². The number of hydrogen-bond acceptors (Lipinski definition) is 4. The number of amides is 3. The van der Waals surface area contributed by atoms with Crippen LogP contribution in [0.1, 0.15) is 23.2 Å². The molecule has 106 valence electrons. The molecule has 0 spiro atoms. The molecule has 7 nitrogen and oxygen atoms in total. The molecule has 0 saturated carbocycles. The zero-order chi connectivity index (χ0) is 14.7. The normalized spacial score (nSPS) is 18.2. The van der Waals surface area contributed by atoms with Crippen molar-refractivity contribution >= 4 is 23.6 Å². The number of carboxylic acids is 1. The Morgan fingerprint density at radius 3 is 2.80 bits per heavy atom. The molecule has 0 unspecified atom stereocenters. The molecule has 1 heterocycles. The van der Waals surface area contributed by atoms with E-state index in [-0.39, 0.29) is 17.2 Å². The molecule has 1 aliphatic rings. The first-order valence-electron chi connectivity index (χ1n) is 6.22. The Kier molecular flexibility index (Phi) is 3.99. The van der Waals surface area contributed by atoms with Crippen molar-refractivity contribution in [3.8, 4) is 0 Å². The predicted octanol–water partition coefficient (Wildman–Crippen LogP) is 0.548. The first kappa shape index (κ1) is 14.0. The first-order valence-corrected chi connectivity index (χ1v) is 6.22. The largest absolute Gasteiger partial charge is 0.478 e. The summed E-state index contributed by atoms with van der Waals surface area (Å²) in [6.07, 6.45) is 1.09. The van der Waals surface area contributed by atoms with Crippen LogP contribution >= 0.6 is 0 Å². The summed E-state index contributed by atoms with van der Waals surface area (Å²) >= 11 is 0. The van der Waals surface area contributed by atoms with Gasteiger partial charge in [0, 0.05) is 0 Å². The van der Waals surface area contributed by atoms with Crippen LogP contribution in [0.25, 0.3) is 0 Å². The molecule has 1 aromatic rings. The molecule has 3 amide bonds. The van der Waals surface area contributed by atoms with Crippen LogP contribution in [-0.4, -0.2) is 35.6 Å². The number of anilines is 1. The second kappa shape index (κ2) is 5.70. The summed E-state index contributed by atoms with van der Waals surface area (Å²) in [5.41, 5.74) is 5.66. The SMILES string of the molecule is NCCC[C@@H]1NC(=O)N(c2cccc(C(=O)O)c2)C1=O. The number of hydrogen-bond donors (Lipinski definition) is 3. The van der Waals surface area contributed by atoms with Crippen LogP contribution in [0.5, 0.6) is 0 Å². The minimum Gasteiger partial charge on any atom is -0.478 e. The lowest BCUT2D eigenvalue weighted by atomic mass is 10.1. The number of nitrogens with one attached hydrogen (secondary N) is 1. The standard InChI is InChI=1S/C13H15N3O4/c14-6-2-5-10-11(17)16(13(20)15-10)9-4-1-3-8(7-9)12(18)19/h1,3-4,7,10H,2,5-6,14H2,(H,15,20)(H,18,19)/t10-/m0/s1. The molecule has 0 radical (unpaired) electrons. The second-order valence-electron chi connectivity index (χ2n) is 4.46. The highest BCUT2D eigenvalue weighted by Gasteiger charge is 2.38. The quantitative estimate of drug-likeness (QED) is 0.680. The molecule has 0 aromatic heterocycles. The van der Waals surface area contributed by atoms with Crippen LogP contribution in [0.2, 0.25) is 0 Å². The minimum atomic E-state index is -1.11. The Labute approximate surface area is 115 Å². The van der Waals surface area contributed by atoms with Crippen molar-refractivity contribution in [2.75, 3.05) is 11.4 Å². The van der Waals surface area contributed by atoms with Crippen molar-refractivity contribution in [3.05, 3.63) is 29.8 Å². The molecule has 7 heteroatoms. The summed E-state index contributed by atoms with van der Waals surface area (Å²) in [6, 6.07) is 4.57. The third-order valence-electron chi connectivity index (χ3n) is 3.07. The van der Waals surface area contributed by atoms with Crippen molar-refractivity contribution in [1.82, 2.24) is 5.32 Å². The number of rotatable bonds is 5. The maximum absolute atomic E-state index is 12.2. The number of carbonyl (C=O) groups excluding carboxylic acids is 2. The average molecular weight is 277 g/mol. The van der Waals surface area contributed by atoms with Gasteiger partial charge in [-0.25, -0.2) is 14.5 Å². The summed E-state index contributed by atoms with van der Waals surface area (Å²) in [5.74, 6) is -1.50. The van der Waals surface area contributed by atoms with Gasteiger partial charge in [-0.3, -0.25) is 4.79 Å². The predicted molar refractivity (Wildman–Crippen MR) is 71.5 cm³/mol. The molecule has 1 aromatic carbocycles. The van der Waals surface area contributed by atoms with E-state index in [4.69, 9.17) is 10.8 Å². The number of aromatic carboxylic acids is 1. The highest BCUT2D eigenvalue weighted by atomic mass is 16.4. The fraction of sp³-hybridized carbons (Fsp3) is 0.308. The van der Waals surface area contributed by atoms with Crippen LogP contribution in [0.3, 0.4) is 0 Å². The minimum absolute atomic E-state index is 0.0218. The van der Waals surface area contributed by atoms with E-state index in [1.807, 2.05) is 0 Å². The van der Waals surface area contributed by atoms with Gasteiger partial charge in [0.2, 0.25) is 0 Å². The lowest BCUT2D eigenvalue weighted by Crippen LogP contribution is -2.31. The summed E-state index contributed by atoms with van der Waals surface area (Å²) in [7, 11) is 0. The third-order valence-corrected chi connectivity index (χ3v) is 3.07. The number of nitrogens with zero attached hydrogens (tertiary/aromatic N) is 1. The van der Waals surface area contributed by atoms with E-state index in [1.54, 1.807) is 0 Å². The van der Waals surface area contributed by atoms with E-state index in [0.29, 0.717) is 19.4 Å². The van der Waals surface area contributed by atoms with Gasteiger partial charge in [-0.05, 0) is 37.6 Å². The second-order valence-corrected chi connectivity index (χ2v) is 4.46. The van der Waals surface area contributed by atoms with Crippen LogP contribution in [0.4, 0.5) is 10.5 Å². The first-order chi connectivity index (χ1) is 9.54. The topological polar surface area (TPSA) is 113 Å². The highest BCUT2D eigenvalue weighted by molar-refractivity contribution is 6.21. The van der Waals surface area contributed by atoms with E-state index >= 15 is 0 Å². The number of urea groups is 1. The molecular formula is C13H15N3O4. The van der Waals surface area contributed by atoms with Gasteiger partial charge in [0.1, 0.15) is 6.04 Å². The molecule has 1 saturated heterocycles. The molecule has 0 aliphatic carbocycles. The Morgan fingerprint density at radius 2 is 2.15 bits per heavy atom. The molecule has 2 rings (SSSR count). The van der Waals surface area contributed by atoms with Crippen molar-refractivity contribution in [1.29, 1.82) is 0 Å². The van der Waals surface area contributed by atoms with Crippen molar-refractivity contribution in [3.63, 3.8) is 0 Å². The van der Waals surface area contributed by atoms with Gasteiger partial charge >= 0.3 is 12.0 Å². The average Bonchev–Trinajstić information content (AvgIpc) is 2.71. The van der Waals surface area contributed by atoms with E-state index in [0.717, 1.165) is 4.90 Å². The van der Waals surface area contributed by atoms with Gasteiger partial charge in [-0.15, -0.1) is 0 Å². The smallest absolute Gasteiger partial charge is 0.335 e. The lowest BCUT2D eigenvalue weighted by Gasteiger charge is -2.13. The number of carbonyl (C=O) groups is 3. The Bertz CT molecular complexity index is 558. The van der Waals surface area contributed by atoms with Gasteiger partial charge in [0.25, 0.3) is 5.91 Å². The number of imide groups is 1. The van der Waals surface area contributed by atoms with Gasteiger partial charge in [0.15, 0.2) is 0 Å². The molecule has 1 fully saturated rings. The number of nitrogens with two attached hydrogens (primary N) is 1. The molecular weight excluding hydrogens is 262 g/mol. The maximum atomic E-state index is 12.2. The Balaban J connectivity index is 2.24. The summed E-state index contributed by atoms with van der Waals surface area (Å²) < 4.78 is 0. The molecule has 1 aliphatic heterocycles.